The number of carbonyl (C=O) groups is 2. The Morgan fingerprint density at radius 3 is 0.976 bits per heavy atom. The van der Waals surface area contributed by atoms with Crippen molar-refractivity contribution in [2.75, 3.05) is 26.4 Å². The van der Waals surface area contributed by atoms with Crippen LogP contribution in [-0.4, -0.2) is 49.3 Å². The fourth-order valence-corrected chi connectivity index (χ4v) is 10.7. The molecule has 10 heteroatoms. The Hall–Kier alpha value is -3.33. The molecule has 0 radical (unpaired) electrons. The predicted molar refractivity (Wildman–Crippen MR) is 367 cm³/mol. The van der Waals surface area contributed by atoms with Crippen molar-refractivity contribution in [3.8, 4) is 0 Å². The first-order valence-electron chi connectivity index (χ1n) is 35.4. The SMILES string of the molecule is CC/C=C\C/C=C\C/C=C\C/C=C\C/C=C\C/C=C\C/C=C\C/C=C\CCCCCCCCCCCCCCCCC(=O)OC(COC(=O)CCCCCCCCCCCCCCC/C=C\CCCCCCCCCC)COP(=O)(O)OCCN. The molecule has 85 heavy (non-hydrogen) atoms. The number of phosphoric acid groups is 1. The topological polar surface area (TPSA) is 134 Å². The number of carbonyl (C=O) groups excluding carboxylic acids is 2. The molecule has 0 aromatic carbocycles. The summed E-state index contributed by atoms with van der Waals surface area (Å²) in [6, 6.07) is 0. The first-order chi connectivity index (χ1) is 41.8. The zero-order valence-electron chi connectivity index (χ0n) is 55.1. The summed E-state index contributed by atoms with van der Waals surface area (Å²) in [6.45, 7) is 3.66. The third kappa shape index (κ3) is 69.6. The first kappa shape index (κ1) is 81.7. The number of esters is 2. The molecule has 2 atom stereocenters. The summed E-state index contributed by atoms with van der Waals surface area (Å²) in [5.74, 6) is -0.820. The summed E-state index contributed by atoms with van der Waals surface area (Å²) >= 11 is 0. The summed E-state index contributed by atoms with van der Waals surface area (Å²) in [5, 5.41) is 0. The van der Waals surface area contributed by atoms with Gasteiger partial charge in [0.05, 0.1) is 13.2 Å². The molecule has 0 aliphatic heterocycles. The van der Waals surface area contributed by atoms with Crippen LogP contribution in [0.4, 0.5) is 0 Å². The summed E-state index contributed by atoms with van der Waals surface area (Å²) < 4.78 is 33.2. The summed E-state index contributed by atoms with van der Waals surface area (Å²) in [5.41, 5.74) is 5.40. The number of phosphoric ester groups is 1. The van der Waals surface area contributed by atoms with Gasteiger partial charge >= 0.3 is 19.8 Å². The molecule has 490 valence electrons. The molecule has 0 fully saturated rings. The Bertz CT molecular complexity index is 1760. The van der Waals surface area contributed by atoms with Crippen molar-refractivity contribution in [3.05, 3.63) is 109 Å². The van der Waals surface area contributed by atoms with Crippen LogP contribution in [0.25, 0.3) is 0 Å². The molecule has 3 N–H and O–H groups in total. The number of hydrogen-bond acceptors (Lipinski definition) is 8. The molecule has 0 aliphatic rings. The van der Waals surface area contributed by atoms with Gasteiger partial charge in [0.1, 0.15) is 6.61 Å². The Balaban J connectivity index is 3.88. The van der Waals surface area contributed by atoms with E-state index in [1.165, 1.54) is 199 Å². The highest BCUT2D eigenvalue weighted by Gasteiger charge is 2.26. The molecule has 9 nitrogen and oxygen atoms in total. The van der Waals surface area contributed by atoms with Gasteiger partial charge in [0.15, 0.2) is 6.10 Å². The quantitative estimate of drug-likeness (QED) is 0.0264. The van der Waals surface area contributed by atoms with Gasteiger partial charge in [-0.2, -0.15) is 0 Å². The van der Waals surface area contributed by atoms with Gasteiger partial charge in [-0.1, -0.05) is 316 Å². The van der Waals surface area contributed by atoms with Crippen LogP contribution in [0.3, 0.4) is 0 Å². The molecule has 0 aliphatic carbocycles. The van der Waals surface area contributed by atoms with E-state index in [-0.39, 0.29) is 38.6 Å². The minimum absolute atomic E-state index is 0.0509. The standard InChI is InChI=1S/C75H132NO8P/c1-3-5-7-9-11-13-15-17-19-21-23-25-27-29-30-31-32-33-34-35-36-37-38-39-40-41-42-44-46-48-50-52-54-56-58-60-62-64-66-68-75(78)84-73(72-83-85(79,80)82-70-69-76)71-81-74(77)67-65-63-61-59-57-55-53-51-49-47-45-43-28-26-24-22-20-18-16-14-12-10-8-6-4-2/h5,7,11,13,17,19,22-25,29-30,32-33,35-36,38-39,73H,3-4,6,8-10,12,14-16,18,20-21,26-28,31,34,37,40-72,76H2,1-2H3,(H,79,80)/b7-5-,13-11-,19-17-,24-22-,25-23-,30-29-,33-32-,36-35-,39-38-. The van der Waals surface area contributed by atoms with E-state index in [1.807, 2.05) is 0 Å². The highest BCUT2D eigenvalue weighted by atomic mass is 31.2. The lowest BCUT2D eigenvalue weighted by Gasteiger charge is -2.19. The lowest BCUT2D eigenvalue weighted by atomic mass is 10.0. The molecule has 0 spiro atoms. The highest BCUT2D eigenvalue weighted by Crippen LogP contribution is 2.43. The van der Waals surface area contributed by atoms with E-state index in [2.05, 4.69) is 123 Å². The van der Waals surface area contributed by atoms with Gasteiger partial charge in [-0.3, -0.25) is 18.6 Å². The molecular formula is C75H132NO8P. The van der Waals surface area contributed by atoms with Gasteiger partial charge in [-0.15, -0.1) is 0 Å². The number of ether oxygens (including phenoxy) is 2. The maximum Gasteiger partial charge on any atom is 0.472 e. The summed E-state index contributed by atoms with van der Waals surface area (Å²) in [4.78, 5) is 35.4. The minimum atomic E-state index is -4.40. The fraction of sp³-hybridized carbons (Fsp3) is 0.733. The molecule has 0 heterocycles. The molecule has 0 saturated carbocycles. The number of nitrogens with two attached hydrogens (primary N) is 1. The van der Waals surface area contributed by atoms with E-state index >= 15 is 0 Å². The van der Waals surface area contributed by atoms with Crippen LogP contribution in [0, 0.1) is 0 Å². The minimum Gasteiger partial charge on any atom is -0.462 e. The first-order valence-corrected chi connectivity index (χ1v) is 36.9. The van der Waals surface area contributed by atoms with Gasteiger partial charge in [0.25, 0.3) is 0 Å². The second-order valence-electron chi connectivity index (χ2n) is 23.4. The lowest BCUT2D eigenvalue weighted by Crippen LogP contribution is -2.29. The normalized spacial score (nSPS) is 13.6. The van der Waals surface area contributed by atoms with Gasteiger partial charge in [-0.05, 0) is 103 Å². The van der Waals surface area contributed by atoms with E-state index in [4.69, 9.17) is 24.3 Å². The van der Waals surface area contributed by atoms with E-state index in [0.29, 0.717) is 6.42 Å². The molecular weight excluding hydrogens is 1070 g/mol. The van der Waals surface area contributed by atoms with Gasteiger partial charge in [0, 0.05) is 19.4 Å². The zero-order chi connectivity index (χ0) is 61.6. The van der Waals surface area contributed by atoms with Crippen molar-refractivity contribution < 1.29 is 37.6 Å². The van der Waals surface area contributed by atoms with Crippen LogP contribution < -0.4 is 5.73 Å². The van der Waals surface area contributed by atoms with Crippen LogP contribution >= 0.6 is 7.82 Å². The van der Waals surface area contributed by atoms with Gasteiger partial charge in [0.2, 0.25) is 0 Å². The van der Waals surface area contributed by atoms with Crippen molar-refractivity contribution in [2.45, 2.75) is 328 Å². The number of rotatable bonds is 66. The molecule has 0 aromatic heterocycles. The zero-order valence-corrected chi connectivity index (χ0v) is 56.0. The van der Waals surface area contributed by atoms with E-state index in [0.717, 1.165) is 89.9 Å². The fourth-order valence-electron chi connectivity index (χ4n) is 9.94. The second kappa shape index (κ2) is 69.8. The maximum absolute atomic E-state index is 12.8. The highest BCUT2D eigenvalue weighted by molar-refractivity contribution is 7.47. The monoisotopic (exact) mass is 1210 g/mol. The molecule has 0 bridgehead atoms. The van der Waals surface area contributed by atoms with Crippen LogP contribution in [0.1, 0.15) is 322 Å². The van der Waals surface area contributed by atoms with Crippen LogP contribution in [-0.2, 0) is 32.7 Å². The molecule has 0 aromatic rings. The van der Waals surface area contributed by atoms with Crippen molar-refractivity contribution in [2.24, 2.45) is 5.73 Å². The summed E-state index contributed by atoms with van der Waals surface area (Å²) in [7, 11) is -4.40. The average molecular weight is 1210 g/mol. The summed E-state index contributed by atoms with van der Waals surface area (Å²) in [6.07, 6.45) is 96.1. The number of allylic oxidation sites excluding steroid dienone is 18. The Labute approximate surface area is 524 Å². The van der Waals surface area contributed by atoms with E-state index < -0.39 is 26.5 Å². The van der Waals surface area contributed by atoms with Crippen LogP contribution in [0.5, 0.6) is 0 Å². The second-order valence-corrected chi connectivity index (χ2v) is 24.8. The van der Waals surface area contributed by atoms with E-state index in [1.54, 1.807) is 0 Å². The molecule has 0 rings (SSSR count). The third-order valence-electron chi connectivity index (χ3n) is 15.1. The molecule has 0 saturated heterocycles. The lowest BCUT2D eigenvalue weighted by molar-refractivity contribution is -0.161. The maximum atomic E-state index is 12.8. The van der Waals surface area contributed by atoms with Crippen molar-refractivity contribution in [3.63, 3.8) is 0 Å². The van der Waals surface area contributed by atoms with Gasteiger partial charge < -0.3 is 20.1 Å². The van der Waals surface area contributed by atoms with Gasteiger partial charge in [-0.25, -0.2) is 4.57 Å². The smallest absolute Gasteiger partial charge is 0.462 e. The third-order valence-corrected chi connectivity index (χ3v) is 16.1. The number of unbranched alkanes of at least 4 members (excludes halogenated alkanes) is 35. The Kier molecular flexibility index (Phi) is 67.0. The van der Waals surface area contributed by atoms with E-state index in [9.17, 15) is 19.0 Å². The van der Waals surface area contributed by atoms with Crippen LogP contribution in [0.15, 0.2) is 109 Å². The van der Waals surface area contributed by atoms with Crippen LogP contribution in [0.2, 0.25) is 0 Å². The van der Waals surface area contributed by atoms with Crippen molar-refractivity contribution in [1.82, 2.24) is 0 Å². The van der Waals surface area contributed by atoms with Crippen molar-refractivity contribution >= 4 is 19.8 Å². The van der Waals surface area contributed by atoms with Crippen molar-refractivity contribution in [1.29, 1.82) is 0 Å². The predicted octanol–water partition coefficient (Wildman–Crippen LogP) is 23.3. The Morgan fingerprint density at radius 2 is 0.647 bits per heavy atom. The number of hydrogen-bond donors (Lipinski definition) is 2. The average Bonchev–Trinajstić information content (AvgIpc) is 3.53. The largest absolute Gasteiger partial charge is 0.472 e. The molecule has 2 unspecified atom stereocenters. The molecule has 0 amide bonds. The Morgan fingerprint density at radius 1 is 0.365 bits per heavy atom.